The average Bonchev–Trinajstić information content (AvgIpc) is 2.60. The summed E-state index contributed by atoms with van der Waals surface area (Å²) in [6.07, 6.45) is 1.81. The van der Waals surface area contributed by atoms with Crippen LogP contribution in [0.25, 0.3) is 0 Å². The van der Waals surface area contributed by atoms with Gasteiger partial charge in [0.1, 0.15) is 0 Å². The van der Waals surface area contributed by atoms with Gasteiger partial charge in [-0.2, -0.15) is 0 Å². The molecule has 0 aromatic heterocycles. The van der Waals surface area contributed by atoms with Crippen molar-refractivity contribution in [1.29, 1.82) is 0 Å². The largest absolute Gasteiger partial charge is 0.379 e. The van der Waals surface area contributed by atoms with E-state index in [4.69, 9.17) is 16.3 Å². The molecule has 0 aliphatic carbocycles. The van der Waals surface area contributed by atoms with E-state index in [2.05, 4.69) is 33.2 Å². The molecular weight excluding hydrogens is 439 g/mol. The minimum atomic E-state index is 0. The number of aliphatic imine (C=N–C) groups is 1. The van der Waals surface area contributed by atoms with Crippen molar-refractivity contribution in [3.63, 3.8) is 0 Å². The van der Waals surface area contributed by atoms with E-state index in [0.717, 1.165) is 49.4 Å². The van der Waals surface area contributed by atoms with E-state index in [-0.39, 0.29) is 30.0 Å². The second-order valence-corrected chi connectivity index (χ2v) is 5.72. The van der Waals surface area contributed by atoms with Gasteiger partial charge >= 0.3 is 0 Å². The minimum Gasteiger partial charge on any atom is -0.379 e. The maximum Gasteiger partial charge on any atom is 0.191 e. The van der Waals surface area contributed by atoms with Gasteiger partial charge in [-0.25, -0.2) is 0 Å². The molecule has 0 saturated carbocycles. The van der Waals surface area contributed by atoms with E-state index in [1.165, 1.54) is 0 Å². The van der Waals surface area contributed by atoms with Crippen LogP contribution in [0.2, 0.25) is 5.02 Å². The topological polar surface area (TPSA) is 48.9 Å². The SMILES string of the molecule is C=CCNC(=NC)NCC(c1ccccc1Cl)N1CCOCC1.I. The molecule has 0 radical (unpaired) electrons. The molecule has 24 heavy (non-hydrogen) atoms. The molecule has 7 heteroatoms. The van der Waals surface area contributed by atoms with Crippen LogP contribution in [0.4, 0.5) is 0 Å². The first kappa shape index (κ1) is 21.2. The zero-order valence-corrected chi connectivity index (χ0v) is 17.1. The van der Waals surface area contributed by atoms with Crippen molar-refractivity contribution in [3.8, 4) is 0 Å². The Morgan fingerprint density at radius 1 is 1.38 bits per heavy atom. The molecule has 1 aliphatic heterocycles. The molecule has 1 fully saturated rings. The highest BCUT2D eigenvalue weighted by Gasteiger charge is 2.24. The summed E-state index contributed by atoms with van der Waals surface area (Å²) in [6, 6.07) is 8.19. The summed E-state index contributed by atoms with van der Waals surface area (Å²) in [5.41, 5.74) is 1.13. The lowest BCUT2D eigenvalue weighted by atomic mass is 10.0. The molecule has 0 bridgehead atoms. The van der Waals surface area contributed by atoms with E-state index >= 15 is 0 Å². The van der Waals surface area contributed by atoms with Crippen molar-refractivity contribution in [2.45, 2.75) is 6.04 Å². The Bertz CT molecular complexity index is 535. The number of ether oxygens (including phenoxy) is 1. The Balaban J connectivity index is 0.00000288. The van der Waals surface area contributed by atoms with Crippen LogP contribution in [0.5, 0.6) is 0 Å². The highest BCUT2D eigenvalue weighted by atomic mass is 127. The van der Waals surface area contributed by atoms with Crippen LogP contribution in [-0.2, 0) is 4.74 Å². The number of nitrogens with zero attached hydrogens (tertiary/aromatic N) is 2. The molecule has 2 rings (SSSR count). The smallest absolute Gasteiger partial charge is 0.191 e. The molecule has 1 aromatic carbocycles. The summed E-state index contributed by atoms with van der Waals surface area (Å²) >= 11 is 6.43. The predicted molar refractivity (Wildman–Crippen MR) is 112 cm³/mol. The fraction of sp³-hybridized carbons (Fsp3) is 0.471. The van der Waals surface area contributed by atoms with Crippen molar-refractivity contribution in [1.82, 2.24) is 15.5 Å². The Morgan fingerprint density at radius 2 is 2.08 bits per heavy atom. The number of morpholine rings is 1. The van der Waals surface area contributed by atoms with Crippen molar-refractivity contribution >= 4 is 41.5 Å². The van der Waals surface area contributed by atoms with Crippen LogP contribution in [0.3, 0.4) is 0 Å². The Morgan fingerprint density at radius 3 is 2.71 bits per heavy atom. The van der Waals surface area contributed by atoms with Gasteiger partial charge in [-0.05, 0) is 11.6 Å². The number of hydrogen-bond donors (Lipinski definition) is 2. The van der Waals surface area contributed by atoms with Gasteiger partial charge < -0.3 is 15.4 Å². The molecule has 134 valence electrons. The Kier molecular flexibility index (Phi) is 10.3. The normalized spacial score (nSPS) is 16.8. The monoisotopic (exact) mass is 464 g/mol. The lowest BCUT2D eigenvalue weighted by Crippen LogP contribution is -2.46. The van der Waals surface area contributed by atoms with Crippen LogP contribution in [0.15, 0.2) is 41.9 Å². The van der Waals surface area contributed by atoms with Gasteiger partial charge in [0.05, 0.1) is 19.3 Å². The van der Waals surface area contributed by atoms with Gasteiger partial charge in [-0.15, -0.1) is 30.6 Å². The van der Waals surface area contributed by atoms with Crippen LogP contribution in [0.1, 0.15) is 11.6 Å². The van der Waals surface area contributed by atoms with Gasteiger partial charge in [-0.1, -0.05) is 35.9 Å². The van der Waals surface area contributed by atoms with E-state index in [1.807, 2.05) is 18.2 Å². The fourth-order valence-electron chi connectivity index (χ4n) is 2.65. The van der Waals surface area contributed by atoms with Crippen LogP contribution < -0.4 is 10.6 Å². The first-order chi connectivity index (χ1) is 11.3. The van der Waals surface area contributed by atoms with Crippen molar-refractivity contribution in [2.24, 2.45) is 4.99 Å². The fourth-order valence-corrected chi connectivity index (χ4v) is 2.91. The first-order valence-electron chi connectivity index (χ1n) is 7.88. The van der Waals surface area contributed by atoms with Crippen LogP contribution >= 0.6 is 35.6 Å². The number of rotatable bonds is 6. The Hall–Kier alpha value is -0.830. The second-order valence-electron chi connectivity index (χ2n) is 5.31. The third kappa shape index (κ3) is 6.23. The maximum absolute atomic E-state index is 6.43. The predicted octanol–water partition coefficient (Wildman–Crippen LogP) is 2.68. The molecule has 1 unspecified atom stereocenters. The molecule has 0 amide bonds. The van der Waals surface area contributed by atoms with Crippen molar-refractivity contribution in [2.75, 3.05) is 46.4 Å². The van der Waals surface area contributed by atoms with Crippen LogP contribution in [-0.4, -0.2) is 57.3 Å². The van der Waals surface area contributed by atoms with E-state index < -0.39 is 0 Å². The van der Waals surface area contributed by atoms with Gasteiger partial charge in [0.15, 0.2) is 5.96 Å². The summed E-state index contributed by atoms with van der Waals surface area (Å²) in [4.78, 5) is 6.63. The van der Waals surface area contributed by atoms with E-state index in [1.54, 1.807) is 13.1 Å². The summed E-state index contributed by atoms with van der Waals surface area (Å²) in [6.45, 7) is 8.41. The van der Waals surface area contributed by atoms with Gasteiger partial charge in [0.2, 0.25) is 0 Å². The van der Waals surface area contributed by atoms with Crippen molar-refractivity contribution < 1.29 is 4.74 Å². The molecule has 1 aliphatic rings. The number of benzene rings is 1. The summed E-state index contributed by atoms with van der Waals surface area (Å²) in [5.74, 6) is 0.759. The number of guanidine groups is 1. The second kappa shape index (κ2) is 11.7. The molecular formula is C17H26ClIN4O. The van der Waals surface area contributed by atoms with E-state index in [0.29, 0.717) is 6.54 Å². The van der Waals surface area contributed by atoms with Gasteiger partial charge in [-0.3, -0.25) is 9.89 Å². The van der Waals surface area contributed by atoms with Crippen molar-refractivity contribution in [3.05, 3.63) is 47.5 Å². The molecule has 0 spiro atoms. The lowest BCUT2D eigenvalue weighted by molar-refractivity contribution is 0.0170. The average molecular weight is 465 g/mol. The number of halogens is 2. The highest BCUT2D eigenvalue weighted by molar-refractivity contribution is 14.0. The summed E-state index contributed by atoms with van der Waals surface area (Å²) in [7, 11) is 1.76. The number of nitrogens with one attached hydrogen (secondary N) is 2. The lowest BCUT2D eigenvalue weighted by Gasteiger charge is -2.35. The first-order valence-corrected chi connectivity index (χ1v) is 8.25. The van der Waals surface area contributed by atoms with Crippen LogP contribution in [0, 0.1) is 0 Å². The molecule has 5 nitrogen and oxygen atoms in total. The summed E-state index contributed by atoms with van der Waals surface area (Å²) < 4.78 is 5.47. The van der Waals surface area contributed by atoms with Gasteiger partial charge in [0.25, 0.3) is 0 Å². The molecule has 1 saturated heterocycles. The third-order valence-electron chi connectivity index (χ3n) is 3.85. The maximum atomic E-state index is 6.43. The molecule has 2 N–H and O–H groups in total. The zero-order chi connectivity index (χ0) is 16.5. The minimum absolute atomic E-state index is 0. The standard InChI is InChI=1S/C17H25ClN4O.HI/c1-3-8-20-17(19-2)21-13-16(22-9-11-23-12-10-22)14-6-4-5-7-15(14)18;/h3-7,16H,1,8-13H2,2H3,(H2,19,20,21);1H. The zero-order valence-electron chi connectivity index (χ0n) is 14.0. The Labute approximate surface area is 166 Å². The summed E-state index contributed by atoms with van der Waals surface area (Å²) in [5, 5.41) is 7.36. The third-order valence-corrected chi connectivity index (χ3v) is 4.20. The number of hydrogen-bond acceptors (Lipinski definition) is 3. The quantitative estimate of drug-likeness (QED) is 0.294. The molecule has 1 heterocycles. The molecule has 1 aromatic rings. The van der Waals surface area contributed by atoms with Gasteiger partial charge in [0, 0.05) is 38.2 Å². The molecule has 1 atom stereocenters. The highest BCUT2D eigenvalue weighted by Crippen LogP contribution is 2.27. The van der Waals surface area contributed by atoms with E-state index in [9.17, 15) is 0 Å².